The minimum atomic E-state index is -0.0843. The Labute approximate surface area is 132 Å². The first-order chi connectivity index (χ1) is 10.6. The van der Waals surface area contributed by atoms with Crippen LogP contribution in [0.4, 0.5) is 0 Å². The van der Waals surface area contributed by atoms with E-state index in [1.165, 1.54) is 24.0 Å². The minimum Gasteiger partial charge on any atom is -0.497 e. The number of carbonyl (C=O) groups excluding carboxylic acids is 1. The van der Waals surface area contributed by atoms with E-state index in [4.69, 9.17) is 9.47 Å². The van der Waals surface area contributed by atoms with Crippen molar-refractivity contribution in [3.05, 3.63) is 29.3 Å². The quantitative estimate of drug-likeness (QED) is 0.796. The molecule has 4 rings (SSSR count). The summed E-state index contributed by atoms with van der Waals surface area (Å²) in [4.78, 5) is 11.9. The zero-order chi connectivity index (χ0) is 15.3. The molecule has 1 aromatic carbocycles. The topological polar surface area (TPSA) is 35.5 Å². The Bertz CT molecular complexity index is 609. The molecule has 0 radical (unpaired) electrons. The van der Waals surface area contributed by atoms with Gasteiger partial charge in [0.15, 0.2) is 5.78 Å². The number of ketones is 1. The van der Waals surface area contributed by atoms with Gasteiger partial charge in [-0.05, 0) is 73.6 Å². The van der Waals surface area contributed by atoms with Gasteiger partial charge in [0, 0.05) is 6.42 Å². The smallest absolute Gasteiger partial charge is 0.158 e. The standard InChI is InChI=1S/C19H24O3/c1-19-8-7-16-15-6-4-14(21-2)9-12(15)3-5-17(16)18(19)10-13(20)11-22-19/h4,6,9,16-18H,3,5,7-8,10-11H2,1-2H3/t16-,17-,18+,19+/m1/s1. The van der Waals surface area contributed by atoms with Crippen molar-refractivity contribution in [1.29, 1.82) is 0 Å². The van der Waals surface area contributed by atoms with E-state index in [9.17, 15) is 4.79 Å². The van der Waals surface area contributed by atoms with Gasteiger partial charge in [-0.1, -0.05) is 6.07 Å². The van der Waals surface area contributed by atoms with Gasteiger partial charge in [0.05, 0.1) is 12.7 Å². The normalized spacial score (nSPS) is 37.0. The Morgan fingerprint density at radius 2 is 2.18 bits per heavy atom. The van der Waals surface area contributed by atoms with Gasteiger partial charge < -0.3 is 9.47 Å². The van der Waals surface area contributed by atoms with E-state index < -0.39 is 0 Å². The molecule has 3 aliphatic rings. The van der Waals surface area contributed by atoms with Crippen LogP contribution in [-0.2, 0) is 16.0 Å². The van der Waals surface area contributed by atoms with Crippen molar-refractivity contribution >= 4 is 5.78 Å². The maximum absolute atomic E-state index is 11.9. The first-order valence-corrected chi connectivity index (χ1v) is 8.43. The van der Waals surface area contributed by atoms with Crippen LogP contribution >= 0.6 is 0 Å². The average molecular weight is 300 g/mol. The van der Waals surface area contributed by atoms with E-state index in [2.05, 4.69) is 25.1 Å². The lowest BCUT2D eigenvalue weighted by molar-refractivity contribution is -0.169. The highest BCUT2D eigenvalue weighted by Gasteiger charge is 2.51. The molecule has 3 nitrogen and oxygen atoms in total. The fourth-order valence-corrected chi connectivity index (χ4v) is 5.07. The van der Waals surface area contributed by atoms with Gasteiger partial charge >= 0.3 is 0 Å². The molecule has 22 heavy (non-hydrogen) atoms. The second-order valence-corrected chi connectivity index (χ2v) is 7.36. The Hall–Kier alpha value is -1.35. The molecule has 0 bridgehead atoms. The van der Waals surface area contributed by atoms with Gasteiger partial charge in [0.2, 0.25) is 0 Å². The number of carbonyl (C=O) groups is 1. The van der Waals surface area contributed by atoms with Crippen LogP contribution in [0.25, 0.3) is 0 Å². The lowest BCUT2D eigenvalue weighted by Crippen LogP contribution is -2.53. The zero-order valence-corrected chi connectivity index (χ0v) is 13.4. The summed E-state index contributed by atoms with van der Waals surface area (Å²) in [5.74, 6) is 2.80. The monoisotopic (exact) mass is 300 g/mol. The van der Waals surface area contributed by atoms with Crippen molar-refractivity contribution in [2.75, 3.05) is 13.7 Å². The average Bonchev–Trinajstić information content (AvgIpc) is 2.54. The summed E-state index contributed by atoms with van der Waals surface area (Å²) in [6.07, 6.45) is 5.21. The van der Waals surface area contributed by atoms with Crippen molar-refractivity contribution in [2.24, 2.45) is 11.8 Å². The van der Waals surface area contributed by atoms with Gasteiger partial charge in [-0.15, -0.1) is 0 Å². The molecule has 2 fully saturated rings. The molecular formula is C19H24O3. The summed E-state index contributed by atoms with van der Waals surface area (Å²) in [6, 6.07) is 6.53. The van der Waals surface area contributed by atoms with E-state index in [0.29, 0.717) is 30.8 Å². The van der Waals surface area contributed by atoms with Crippen molar-refractivity contribution in [2.45, 2.75) is 50.5 Å². The molecule has 0 spiro atoms. The molecule has 1 heterocycles. The molecule has 1 saturated heterocycles. The van der Waals surface area contributed by atoms with Crippen LogP contribution in [0.15, 0.2) is 18.2 Å². The number of methoxy groups -OCH3 is 1. The van der Waals surface area contributed by atoms with E-state index in [0.717, 1.165) is 18.6 Å². The Morgan fingerprint density at radius 1 is 1.32 bits per heavy atom. The van der Waals surface area contributed by atoms with Crippen molar-refractivity contribution in [3.8, 4) is 5.75 Å². The molecule has 1 saturated carbocycles. The summed E-state index contributed by atoms with van der Waals surface area (Å²) in [7, 11) is 1.73. The Kier molecular flexibility index (Phi) is 3.30. The minimum absolute atomic E-state index is 0.0843. The third-order valence-electron chi connectivity index (χ3n) is 6.28. The van der Waals surface area contributed by atoms with Gasteiger partial charge in [0.1, 0.15) is 12.4 Å². The van der Waals surface area contributed by atoms with Crippen molar-refractivity contribution < 1.29 is 14.3 Å². The lowest BCUT2D eigenvalue weighted by Gasteiger charge is -2.53. The van der Waals surface area contributed by atoms with Gasteiger partial charge in [-0.2, -0.15) is 0 Å². The molecule has 0 amide bonds. The summed E-state index contributed by atoms with van der Waals surface area (Å²) in [5.41, 5.74) is 2.84. The number of benzene rings is 1. The SMILES string of the molecule is COc1ccc2c(c1)CC[C@@H]1[C@@H]2CC[C@]2(C)OCC(=O)C[C@@H]12. The highest BCUT2D eigenvalue weighted by atomic mass is 16.5. The van der Waals surface area contributed by atoms with Crippen LogP contribution in [0.3, 0.4) is 0 Å². The Balaban J connectivity index is 1.68. The van der Waals surface area contributed by atoms with Crippen LogP contribution in [0.2, 0.25) is 0 Å². The number of fused-ring (bicyclic) bond motifs is 5. The fraction of sp³-hybridized carbons (Fsp3) is 0.632. The number of rotatable bonds is 1. The number of hydrogen-bond acceptors (Lipinski definition) is 3. The number of Topliss-reactive ketones (excluding diaryl/α,β-unsaturated/α-hetero) is 1. The van der Waals surface area contributed by atoms with Crippen LogP contribution in [-0.4, -0.2) is 25.1 Å². The number of hydrogen-bond donors (Lipinski definition) is 0. The van der Waals surface area contributed by atoms with Crippen molar-refractivity contribution in [3.63, 3.8) is 0 Å². The summed E-state index contributed by atoms with van der Waals surface area (Å²) in [6.45, 7) is 2.54. The molecule has 0 N–H and O–H groups in total. The molecule has 3 heteroatoms. The second-order valence-electron chi connectivity index (χ2n) is 7.36. The molecule has 1 aliphatic heterocycles. The third-order valence-corrected chi connectivity index (χ3v) is 6.28. The summed E-state index contributed by atoms with van der Waals surface area (Å²) >= 11 is 0. The largest absolute Gasteiger partial charge is 0.497 e. The third kappa shape index (κ3) is 2.10. The molecular weight excluding hydrogens is 276 g/mol. The van der Waals surface area contributed by atoms with E-state index >= 15 is 0 Å². The molecule has 1 aromatic rings. The van der Waals surface area contributed by atoms with E-state index in [1.807, 2.05) is 0 Å². The summed E-state index contributed by atoms with van der Waals surface area (Å²) < 4.78 is 11.4. The zero-order valence-electron chi connectivity index (χ0n) is 13.4. The first-order valence-electron chi connectivity index (χ1n) is 8.43. The van der Waals surface area contributed by atoms with Gasteiger partial charge in [0.25, 0.3) is 0 Å². The van der Waals surface area contributed by atoms with E-state index in [1.54, 1.807) is 7.11 Å². The van der Waals surface area contributed by atoms with Gasteiger partial charge in [-0.3, -0.25) is 4.79 Å². The van der Waals surface area contributed by atoms with Crippen LogP contribution < -0.4 is 4.74 Å². The Morgan fingerprint density at radius 3 is 3.00 bits per heavy atom. The van der Waals surface area contributed by atoms with Crippen LogP contribution in [0.1, 0.15) is 49.7 Å². The molecule has 0 aromatic heterocycles. The predicted octanol–water partition coefficient (Wildman–Crippen LogP) is 3.50. The highest BCUT2D eigenvalue weighted by molar-refractivity contribution is 5.81. The maximum atomic E-state index is 11.9. The first kappa shape index (κ1) is 14.3. The maximum Gasteiger partial charge on any atom is 0.158 e. The van der Waals surface area contributed by atoms with Crippen molar-refractivity contribution in [1.82, 2.24) is 0 Å². The fourth-order valence-electron chi connectivity index (χ4n) is 5.07. The van der Waals surface area contributed by atoms with Gasteiger partial charge in [-0.25, -0.2) is 0 Å². The van der Waals surface area contributed by atoms with Crippen LogP contribution in [0, 0.1) is 11.8 Å². The molecule has 4 atom stereocenters. The number of aryl methyl sites for hydroxylation is 1. The molecule has 2 aliphatic carbocycles. The van der Waals surface area contributed by atoms with Crippen LogP contribution in [0.5, 0.6) is 5.75 Å². The number of ether oxygens (including phenoxy) is 2. The lowest BCUT2D eigenvalue weighted by atomic mass is 9.57. The molecule has 118 valence electrons. The molecule has 0 unspecified atom stereocenters. The summed E-state index contributed by atoms with van der Waals surface area (Å²) in [5, 5.41) is 0. The second kappa shape index (κ2) is 5.09. The highest BCUT2D eigenvalue weighted by Crippen LogP contribution is 2.54. The predicted molar refractivity (Wildman–Crippen MR) is 84.3 cm³/mol. The van der Waals surface area contributed by atoms with E-state index in [-0.39, 0.29) is 11.4 Å².